The molecule has 0 radical (unpaired) electrons. The van der Waals surface area contributed by atoms with Gasteiger partial charge >= 0.3 is 11.9 Å². The van der Waals surface area contributed by atoms with Gasteiger partial charge in [0.2, 0.25) is 6.10 Å². The molecule has 7 heteroatoms. The lowest BCUT2D eigenvalue weighted by molar-refractivity contribution is -0.140. The lowest BCUT2D eigenvalue weighted by Crippen LogP contribution is -2.29. The van der Waals surface area contributed by atoms with Gasteiger partial charge in [0.25, 0.3) is 0 Å². The maximum Gasteiger partial charge on any atom is 0.341 e. The van der Waals surface area contributed by atoms with Crippen LogP contribution in [0.25, 0.3) is 5.57 Å². The van der Waals surface area contributed by atoms with Crippen LogP contribution in [0, 0.1) is 11.3 Å². The predicted molar refractivity (Wildman–Crippen MR) is 106 cm³/mol. The highest BCUT2D eigenvalue weighted by molar-refractivity contribution is 7.90. The van der Waals surface area contributed by atoms with Crippen molar-refractivity contribution in [3.63, 3.8) is 0 Å². The quantitative estimate of drug-likeness (QED) is 0.629. The van der Waals surface area contributed by atoms with E-state index in [1.165, 1.54) is 0 Å². The molecular weight excluding hydrogens is 382 g/mol. The van der Waals surface area contributed by atoms with Gasteiger partial charge in [-0.2, -0.15) is 5.26 Å². The Morgan fingerprint density at radius 3 is 2.11 bits per heavy atom. The summed E-state index contributed by atoms with van der Waals surface area (Å²) in [6, 6.07) is 17.0. The fourth-order valence-electron chi connectivity index (χ4n) is 2.76. The van der Waals surface area contributed by atoms with Gasteiger partial charge in [0.15, 0.2) is 0 Å². The Kier molecular flexibility index (Phi) is 5.21. The summed E-state index contributed by atoms with van der Waals surface area (Å²) in [5.74, 6) is -2.32. The number of aliphatic carboxylic acids is 1. The first kappa shape index (κ1) is 18.6. The lowest BCUT2D eigenvalue weighted by atomic mass is 9.85. The second-order valence-electron chi connectivity index (χ2n) is 5.58. The molecule has 2 aromatic carbocycles. The number of thiocarbonyl (C=S) groups is 2. The highest BCUT2D eigenvalue weighted by Crippen LogP contribution is 2.33. The summed E-state index contributed by atoms with van der Waals surface area (Å²) in [6.07, 6.45) is -1.18. The van der Waals surface area contributed by atoms with Crippen molar-refractivity contribution in [2.45, 2.75) is 6.10 Å². The van der Waals surface area contributed by atoms with Crippen molar-refractivity contribution in [1.82, 2.24) is 0 Å². The molecule has 1 atom stereocenters. The van der Waals surface area contributed by atoms with Crippen molar-refractivity contribution in [2.24, 2.45) is 0 Å². The molecule has 0 aromatic heterocycles. The van der Waals surface area contributed by atoms with Gasteiger partial charge in [0.1, 0.15) is 6.07 Å². The Hall–Kier alpha value is -3.21. The Labute approximate surface area is 165 Å². The van der Waals surface area contributed by atoms with E-state index in [9.17, 15) is 20.0 Å². The SMILES string of the molecule is N#CC(OC(=O)C1=C(C(=O)O)C(=S)C(=S)c2ccccc21)c1ccccc1. The molecule has 0 bridgehead atoms. The minimum absolute atomic E-state index is 0.101. The molecule has 0 saturated heterocycles. The summed E-state index contributed by atoms with van der Waals surface area (Å²) >= 11 is 10.4. The monoisotopic (exact) mass is 393 g/mol. The number of nitrogens with zero attached hydrogens (tertiary/aromatic N) is 1. The molecule has 132 valence electrons. The molecule has 0 fully saturated rings. The smallest absolute Gasteiger partial charge is 0.341 e. The third-order valence-electron chi connectivity index (χ3n) is 3.99. The van der Waals surface area contributed by atoms with Gasteiger partial charge in [-0.05, 0) is 5.56 Å². The van der Waals surface area contributed by atoms with Gasteiger partial charge in [-0.15, -0.1) is 0 Å². The van der Waals surface area contributed by atoms with E-state index in [-0.39, 0.29) is 20.9 Å². The van der Waals surface area contributed by atoms with Crippen LogP contribution in [-0.4, -0.2) is 26.8 Å². The summed E-state index contributed by atoms with van der Waals surface area (Å²) in [4.78, 5) is 24.7. The van der Waals surface area contributed by atoms with Crippen molar-refractivity contribution in [3.8, 4) is 6.07 Å². The second-order valence-corrected chi connectivity index (χ2v) is 6.40. The number of hydrogen-bond donors (Lipinski definition) is 1. The van der Waals surface area contributed by atoms with Crippen LogP contribution in [0.4, 0.5) is 0 Å². The highest BCUT2D eigenvalue weighted by Gasteiger charge is 2.36. The van der Waals surface area contributed by atoms with E-state index in [4.69, 9.17) is 29.2 Å². The molecule has 0 aliphatic heterocycles. The van der Waals surface area contributed by atoms with Gasteiger partial charge in [-0.1, -0.05) is 79.0 Å². The molecule has 0 spiro atoms. The minimum Gasteiger partial charge on any atom is -0.478 e. The Balaban J connectivity index is 2.10. The van der Waals surface area contributed by atoms with Crippen LogP contribution >= 0.6 is 24.4 Å². The highest BCUT2D eigenvalue weighted by atomic mass is 32.1. The number of carboxylic acids is 1. The number of carboxylic acid groups (broad SMARTS) is 1. The first-order valence-electron chi connectivity index (χ1n) is 7.77. The first-order valence-corrected chi connectivity index (χ1v) is 8.59. The number of esters is 1. The van der Waals surface area contributed by atoms with Crippen molar-refractivity contribution in [3.05, 3.63) is 76.9 Å². The van der Waals surface area contributed by atoms with Gasteiger partial charge < -0.3 is 9.84 Å². The molecule has 1 aliphatic rings. The fraction of sp³-hybridized carbons (Fsp3) is 0.0500. The fourth-order valence-corrected chi connectivity index (χ4v) is 3.34. The summed E-state index contributed by atoms with van der Waals surface area (Å²) in [7, 11) is 0. The second kappa shape index (κ2) is 7.58. The topological polar surface area (TPSA) is 87.4 Å². The van der Waals surface area contributed by atoms with E-state index >= 15 is 0 Å². The van der Waals surface area contributed by atoms with E-state index in [1.807, 2.05) is 6.07 Å². The minimum atomic E-state index is -1.38. The third kappa shape index (κ3) is 3.40. The van der Waals surface area contributed by atoms with Crippen molar-refractivity contribution in [1.29, 1.82) is 5.26 Å². The molecule has 1 aliphatic carbocycles. The van der Waals surface area contributed by atoms with Crippen LogP contribution in [0.1, 0.15) is 22.8 Å². The maximum atomic E-state index is 12.9. The van der Waals surface area contributed by atoms with Gasteiger partial charge in [-0.25, -0.2) is 9.59 Å². The largest absolute Gasteiger partial charge is 0.478 e. The standard InChI is InChI=1S/C20H11NO4S2/c21-10-14(11-6-2-1-3-7-11)25-20(24)15-12-8-4-5-9-13(12)17(26)18(27)16(15)19(22)23/h1-9,14H,(H,22,23). The van der Waals surface area contributed by atoms with E-state index in [2.05, 4.69) is 0 Å². The van der Waals surface area contributed by atoms with Crippen molar-refractivity contribution < 1.29 is 19.4 Å². The zero-order chi connectivity index (χ0) is 19.6. The maximum absolute atomic E-state index is 12.9. The number of fused-ring (bicyclic) bond motifs is 1. The average molecular weight is 393 g/mol. The number of ether oxygens (including phenoxy) is 1. The molecule has 0 amide bonds. The van der Waals surface area contributed by atoms with Crippen LogP contribution in [0.5, 0.6) is 0 Å². The molecular formula is C20H11NO4S2. The molecule has 5 nitrogen and oxygen atoms in total. The molecule has 2 aromatic rings. The van der Waals surface area contributed by atoms with E-state index in [0.717, 1.165) is 0 Å². The summed E-state index contributed by atoms with van der Waals surface area (Å²) in [5, 5.41) is 19.0. The summed E-state index contributed by atoms with van der Waals surface area (Å²) in [6.45, 7) is 0. The van der Waals surface area contributed by atoms with Crippen LogP contribution in [0.15, 0.2) is 60.2 Å². The Bertz CT molecular complexity index is 1050. The van der Waals surface area contributed by atoms with Crippen LogP contribution in [-0.2, 0) is 14.3 Å². The molecule has 0 saturated carbocycles. The Morgan fingerprint density at radius 1 is 0.926 bits per heavy atom. The zero-order valence-electron chi connectivity index (χ0n) is 13.7. The first-order chi connectivity index (χ1) is 13.0. The van der Waals surface area contributed by atoms with Crippen molar-refractivity contribution >= 4 is 51.7 Å². The summed E-state index contributed by atoms with van der Waals surface area (Å²) < 4.78 is 5.32. The van der Waals surface area contributed by atoms with Crippen LogP contribution < -0.4 is 0 Å². The summed E-state index contributed by atoms with van der Waals surface area (Å²) in [5.41, 5.74) is 0.704. The Morgan fingerprint density at radius 2 is 1.52 bits per heavy atom. The molecule has 3 rings (SSSR count). The van der Waals surface area contributed by atoms with E-state index in [1.54, 1.807) is 54.6 Å². The normalized spacial score (nSPS) is 14.2. The number of hydrogen-bond acceptors (Lipinski definition) is 6. The number of rotatable bonds is 4. The van der Waals surface area contributed by atoms with Crippen molar-refractivity contribution in [2.75, 3.05) is 0 Å². The number of benzene rings is 2. The molecule has 1 N–H and O–H groups in total. The number of carbonyl (C=O) groups is 2. The molecule has 0 heterocycles. The predicted octanol–water partition coefficient (Wildman–Crippen LogP) is 3.43. The van der Waals surface area contributed by atoms with Gasteiger partial charge in [0.05, 0.1) is 20.9 Å². The van der Waals surface area contributed by atoms with E-state index < -0.39 is 18.0 Å². The number of carbonyl (C=O) groups excluding carboxylic acids is 1. The molecule has 27 heavy (non-hydrogen) atoms. The van der Waals surface area contributed by atoms with E-state index in [0.29, 0.717) is 16.7 Å². The van der Waals surface area contributed by atoms with Crippen LogP contribution in [0.2, 0.25) is 0 Å². The van der Waals surface area contributed by atoms with Gasteiger partial charge in [-0.3, -0.25) is 0 Å². The van der Waals surface area contributed by atoms with Crippen LogP contribution in [0.3, 0.4) is 0 Å². The zero-order valence-corrected chi connectivity index (χ0v) is 15.3. The third-order valence-corrected chi connectivity index (χ3v) is 4.95. The lowest BCUT2D eigenvalue weighted by Gasteiger charge is -2.22. The van der Waals surface area contributed by atoms with Gasteiger partial charge in [0, 0.05) is 11.1 Å². The average Bonchev–Trinajstić information content (AvgIpc) is 2.68. The number of nitriles is 1. The molecule has 1 unspecified atom stereocenters.